The Balaban J connectivity index is 4.23. The Bertz CT molecular complexity index is 331. The number of likely N-dealkylation sites (N-methyl/N-ethyl adjacent to an activating group) is 2. The van der Waals surface area contributed by atoms with E-state index in [9.17, 15) is 8.42 Å². The second kappa shape index (κ2) is 10.5. The van der Waals surface area contributed by atoms with Gasteiger partial charge in [0.1, 0.15) is 0 Å². The van der Waals surface area contributed by atoms with Crippen LogP contribution < -0.4 is 5.32 Å². The molecule has 0 rings (SSSR count). The second-order valence-electron chi connectivity index (χ2n) is 5.59. The summed E-state index contributed by atoms with van der Waals surface area (Å²) in [5.74, 6) is 0.256. The SMILES string of the molecule is CCCNCCCCS(=O)(=O)N(CC)C(C)CN(C)C. The second-order valence-corrected chi connectivity index (χ2v) is 7.63. The van der Waals surface area contributed by atoms with E-state index < -0.39 is 10.0 Å². The third kappa shape index (κ3) is 8.19. The van der Waals surface area contributed by atoms with E-state index in [2.05, 4.69) is 12.2 Å². The number of hydrogen-bond acceptors (Lipinski definition) is 4. The minimum Gasteiger partial charge on any atom is -0.317 e. The first-order valence-electron chi connectivity index (χ1n) is 7.70. The lowest BCUT2D eigenvalue weighted by molar-refractivity contribution is 0.271. The zero-order valence-corrected chi connectivity index (χ0v) is 14.7. The largest absolute Gasteiger partial charge is 0.317 e. The van der Waals surface area contributed by atoms with Gasteiger partial charge >= 0.3 is 0 Å². The van der Waals surface area contributed by atoms with E-state index >= 15 is 0 Å². The van der Waals surface area contributed by atoms with Gasteiger partial charge in [-0.3, -0.25) is 0 Å². The lowest BCUT2D eigenvalue weighted by atomic mass is 10.3. The summed E-state index contributed by atoms with van der Waals surface area (Å²) < 4.78 is 26.4. The molecule has 0 heterocycles. The molecule has 0 amide bonds. The van der Waals surface area contributed by atoms with Crippen LogP contribution in [0.5, 0.6) is 0 Å². The van der Waals surface area contributed by atoms with Crippen LogP contribution in [0.25, 0.3) is 0 Å². The van der Waals surface area contributed by atoms with Crippen LogP contribution in [0.2, 0.25) is 0 Å². The van der Waals surface area contributed by atoms with Gasteiger partial charge in [0.15, 0.2) is 0 Å². The molecular formula is C14H33N3O2S. The quantitative estimate of drug-likeness (QED) is 0.553. The van der Waals surface area contributed by atoms with Gasteiger partial charge in [-0.1, -0.05) is 13.8 Å². The molecule has 0 aromatic heterocycles. The molecule has 0 saturated carbocycles. The van der Waals surface area contributed by atoms with Crippen LogP contribution in [0, 0.1) is 0 Å². The Morgan fingerprint density at radius 1 is 1.10 bits per heavy atom. The van der Waals surface area contributed by atoms with Gasteiger partial charge in [0.25, 0.3) is 0 Å². The van der Waals surface area contributed by atoms with E-state index in [4.69, 9.17) is 0 Å². The molecule has 1 unspecified atom stereocenters. The molecule has 1 N–H and O–H groups in total. The zero-order valence-electron chi connectivity index (χ0n) is 13.9. The summed E-state index contributed by atoms with van der Waals surface area (Å²) in [5.41, 5.74) is 0. The van der Waals surface area contributed by atoms with E-state index in [1.165, 1.54) is 0 Å². The first kappa shape index (κ1) is 19.8. The highest BCUT2D eigenvalue weighted by Gasteiger charge is 2.25. The number of nitrogens with one attached hydrogen (secondary N) is 1. The number of rotatable bonds is 12. The average molecular weight is 308 g/mol. The fourth-order valence-corrected chi connectivity index (χ4v) is 4.17. The van der Waals surface area contributed by atoms with Crippen molar-refractivity contribution >= 4 is 10.0 Å². The summed E-state index contributed by atoms with van der Waals surface area (Å²) >= 11 is 0. The fraction of sp³-hybridized carbons (Fsp3) is 1.00. The normalized spacial score (nSPS) is 14.2. The number of nitrogens with zero attached hydrogens (tertiary/aromatic N) is 2. The van der Waals surface area contributed by atoms with Gasteiger partial charge in [0.05, 0.1) is 5.75 Å². The lowest BCUT2D eigenvalue weighted by Crippen LogP contribution is -2.44. The summed E-state index contributed by atoms with van der Waals surface area (Å²) in [6, 6.07) is 0.0261. The van der Waals surface area contributed by atoms with Crippen LogP contribution in [-0.4, -0.2) is 69.7 Å². The maximum absolute atomic E-state index is 12.4. The van der Waals surface area contributed by atoms with Gasteiger partial charge in [-0.2, -0.15) is 4.31 Å². The Kier molecular flexibility index (Phi) is 10.5. The average Bonchev–Trinajstić information content (AvgIpc) is 2.33. The van der Waals surface area contributed by atoms with Crippen LogP contribution >= 0.6 is 0 Å². The van der Waals surface area contributed by atoms with Gasteiger partial charge in [0, 0.05) is 19.1 Å². The molecule has 20 heavy (non-hydrogen) atoms. The van der Waals surface area contributed by atoms with Crippen molar-refractivity contribution in [2.24, 2.45) is 0 Å². The minimum absolute atomic E-state index is 0.0261. The minimum atomic E-state index is -3.13. The predicted molar refractivity (Wildman–Crippen MR) is 86.6 cm³/mol. The maximum Gasteiger partial charge on any atom is 0.214 e. The number of unbranched alkanes of at least 4 members (excludes halogenated alkanes) is 1. The Morgan fingerprint density at radius 3 is 2.25 bits per heavy atom. The molecule has 0 aromatic carbocycles. The van der Waals surface area contributed by atoms with E-state index in [-0.39, 0.29) is 11.8 Å². The van der Waals surface area contributed by atoms with Crippen LogP contribution in [0.1, 0.15) is 40.0 Å². The molecule has 0 aliphatic carbocycles. The Labute approximate surface area is 125 Å². The Morgan fingerprint density at radius 2 is 1.75 bits per heavy atom. The van der Waals surface area contributed by atoms with Crippen molar-refractivity contribution in [3.05, 3.63) is 0 Å². The van der Waals surface area contributed by atoms with Gasteiger partial charge in [-0.15, -0.1) is 0 Å². The molecule has 0 bridgehead atoms. The molecule has 0 aromatic rings. The summed E-state index contributed by atoms with van der Waals surface area (Å²) in [5, 5.41) is 3.30. The van der Waals surface area contributed by atoms with Crippen molar-refractivity contribution in [1.82, 2.24) is 14.5 Å². The fourth-order valence-electron chi connectivity index (χ4n) is 2.36. The Hall–Kier alpha value is -0.170. The van der Waals surface area contributed by atoms with Gasteiger partial charge in [0.2, 0.25) is 10.0 Å². The lowest BCUT2D eigenvalue weighted by Gasteiger charge is -2.29. The molecule has 0 fully saturated rings. The highest BCUT2D eigenvalue weighted by molar-refractivity contribution is 7.89. The van der Waals surface area contributed by atoms with Crippen LogP contribution in [0.3, 0.4) is 0 Å². The molecule has 0 saturated heterocycles. The number of hydrogen-bond donors (Lipinski definition) is 1. The maximum atomic E-state index is 12.4. The first-order valence-corrected chi connectivity index (χ1v) is 9.31. The molecule has 0 radical (unpaired) electrons. The molecule has 0 aliphatic rings. The van der Waals surface area contributed by atoms with Gasteiger partial charge in [-0.05, 0) is 53.4 Å². The van der Waals surface area contributed by atoms with Crippen LogP contribution in [0.15, 0.2) is 0 Å². The number of sulfonamides is 1. The van der Waals surface area contributed by atoms with E-state index in [1.54, 1.807) is 4.31 Å². The monoisotopic (exact) mass is 307 g/mol. The molecule has 122 valence electrons. The first-order chi connectivity index (χ1) is 9.35. The summed E-state index contributed by atoms with van der Waals surface area (Å²) in [7, 11) is 0.806. The van der Waals surface area contributed by atoms with E-state index in [0.29, 0.717) is 6.54 Å². The third-order valence-electron chi connectivity index (χ3n) is 3.22. The zero-order chi connectivity index (χ0) is 15.6. The molecule has 6 heteroatoms. The van der Waals surface area contributed by atoms with E-state index in [0.717, 1.165) is 38.9 Å². The predicted octanol–water partition coefficient (Wildman–Crippen LogP) is 1.37. The van der Waals surface area contributed by atoms with Crippen molar-refractivity contribution < 1.29 is 8.42 Å². The highest BCUT2D eigenvalue weighted by Crippen LogP contribution is 2.10. The molecule has 1 atom stereocenters. The molecule has 0 spiro atoms. The summed E-state index contributed by atoms with van der Waals surface area (Å²) in [6.07, 6.45) is 2.76. The van der Waals surface area contributed by atoms with Crippen molar-refractivity contribution in [2.75, 3.05) is 46.0 Å². The highest BCUT2D eigenvalue weighted by atomic mass is 32.2. The van der Waals surface area contributed by atoms with Crippen molar-refractivity contribution in [3.63, 3.8) is 0 Å². The molecule has 5 nitrogen and oxygen atoms in total. The van der Waals surface area contributed by atoms with Crippen LogP contribution in [-0.2, 0) is 10.0 Å². The van der Waals surface area contributed by atoms with Gasteiger partial charge in [-0.25, -0.2) is 8.42 Å². The summed E-state index contributed by atoms with van der Waals surface area (Å²) in [6.45, 7) is 9.23. The molecular weight excluding hydrogens is 274 g/mol. The third-order valence-corrected chi connectivity index (χ3v) is 5.36. The summed E-state index contributed by atoms with van der Waals surface area (Å²) in [4.78, 5) is 2.03. The smallest absolute Gasteiger partial charge is 0.214 e. The van der Waals surface area contributed by atoms with Gasteiger partial charge < -0.3 is 10.2 Å². The molecule has 0 aliphatic heterocycles. The van der Waals surface area contributed by atoms with Crippen molar-refractivity contribution in [2.45, 2.75) is 46.1 Å². The topological polar surface area (TPSA) is 52.7 Å². The van der Waals surface area contributed by atoms with Crippen LogP contribution in [0.4, 0.5) is 0 Å². The van der Waals surface area contributed by atoms with E-state index in [1.807, 2.05) is 32.8 Å². The standard InChI is InChI=1S/C14H33N3O2S/c1-6-10-15-11-8-9-12-20(18,19)17(7-2)14(3)13-16(4)5/h14-15H,6-13H2,1-5H3. The van der Waals surface area contributed by atoms with Crippen molar-refractivity contribution in [3.8, 4) is 0 Å². The van der Waals surface area contributed by atoms with Crippen molar-refractivity contribution in [1.29, 1.82) is 0 Å².